The first-order chi connectivity index (χ1) is 8.49. The number of thioether (sulfide) groups is 1. The minimum absolute atomic E-state index is 0.100. The van der Waals surface area contributed by atoms with Crippen molar-refractivity contribution in [2.24, 2.45) is 0 Å². The molecule has 1 heterocycles. The monoisotopic (exact) mass is 277 g/mol. The Bertz CT molecular complexity index is 314. The summed E-state index contributed by atoms with van der Waals surface area (Å²) >= 11 is 1.71. The summed E-state index contributed by atoms with van der Waals surface area (Å²) in [6, 6.07) is 0. The lowest BCUT2D eigenvalue weighted by Gasteiger charge is -2.17. The van der Waals surface area contributed by atoms with Crippen LogP contribution in [0.25, 0.3) is 0 Å². The van der Waals surface area contributed by atoms with Crippen LogP contribution >= 0.6 is 11.8 Å². The Morgan fingerprint density at radius 2 is 2.17 bits per heavy atom. The van der Waals surface area contributed by atoms with E-state index < -0.39 is 11.6 Å². The van der Waals surface area contributed by atoms with Crippen LogP contribution in [0.2, 0.25) is 0 Å². The van der Waals surface area contributed by atoms with E-state index in [2.05, 4.69) is 6.92 Å². The molecule has 104 valence electrons. The van der Waals surface area contributed by atoms with Gasteiger partial charge in [-0.3, -0.25) is 4.79 Å². The number of rotatable bonds is 7. The molecule has 0 spiro atoms. The molecule has 0 aromatic carbocycles. The number of hydrogen-bond donors (Lipinski definition) is 1. The van der Waals surface area contributed by atoms with Gasteiger partial charge in [0.1, 0.15) is 0 Å². The van der Waals surface area contributed by atoms with Crippen molar-refractivity contribution in [1.82, 2.24) is 4.90 Å². The zero-order valence-electron chi connectivity index (χ0n) is 10.7. The maximum atomic E-state index is 13.7. The first-order valence-corrected chi connectivity index (χ1v) is 7.43. The summed E-state index contributed by atoms with van der Waals surface area (Å²) in [5.74, 6) is 0.156. The van der Waals surface area contributed by atoms with E-state index in [1.807, 2.05) is 0 Å². The molecular weight excluding hydrogens is 257 g/mol. The Labute approximate surface area is 111 Å². The standard InChI is InChI=1S/C12H20FNO3S/c1-2-3-7-18-8-4-10(15)14-6-5-12(13,9-14)11(16)17/h2-9H2,1H3,(H,16,17). The minimum Gasteiger partial charge on any atom is -0.479 e. The molecule has 0 aromatic rings. The molecule has 1 saturated heterocycles. The molecule has 0 bridgehead atoms. The Morgan fingerprint density at radius 3 is 2.72 bits per heavy atom. The van der Waals surface area contributed by atoms with Gasteiger partial charge >= 0.3 is 5.97 Å². The van der Waals surface area contributed by atoms with Gasteiger partial charge in [-0.25, -0.2) is 9.18 Å². The van der Waals surface area contributed by atoms with Crippen LogP contribution in [0, 0.1) is 0 Å². The summed E-state index contributed by atoms with van der Waals surface area (Å²) in [5, 5.41) is 8.73. The normalized spacial score (nSPS) is 23.3. The first kappa shape index (κ1) is 15.3. The number of likely N-dealkylation sites (tertiary alicyclic amines) is 1. The van der Waals surface area contributed by atoms with Gasteiger partial charge in [0.15, 0.2) is 0 Å². The predicted octanol–water partition coefficient (Wildman–Crippen LogP) is 1.94. The van der Waals surface area contributed by atoms with Gasteiger partial charge in [-0.15, -0.1) is 0 Å². The van der Waals surface area contributed by atoms with Gasteiger partial charge in [-0.1, -0.05) is 13.3 Å². The molecule has 4 nitrogen and oxygen atoms in total. The van der Waals surface area contributed by atoms with Gasteiger partial charge in [-0.05, 0) is 12.2 Å². The number of nitrogens with zero attached hydrogens (tertiary/aromatic N) is 1. The van der Waals surface area contributed by atoms with E-state index >= 15 is 0 Å². The molecule has 1 aliphatic heterocycles. The Hall–Kier alpha value is -0.780. The third-order valence-corrected chi connectivity index (χ3v) is 4.13. The van der Waals surface area contributed by atoms with Crippen LogP contribution in [-0.2, 0) is 9.59 Å². The minimum atomic E-state index is -2.25. The van der Waals surface area contributed by atoms with Gasteiger partial charge in [0, 0.05) is 25.1 Å². The average Bonchev–Trinajstić information content (AvgIpc) is 2.73. The molecule has 18 heavy (non-hydrogen) atoms. The molecule has 1 N–H and O–H groups in total. The van der Waals surface area contributed by atoms with E-state index in [-0.39, 0.29) is 25.4 Å². The van der Waals surface area contributed by atoms with Gasteiger partial charge < -0.3 is 10.0 Å². The Balaban J connectivity index is 2.26. The summed E-state index contributed by atoms with van der Waals surface area (Å²) in [6.07, 6.45) is 2.53. The summed E-state index contributed by atoms with van der Waals surface area (Å²) in [6.45, 7) is 2.02. The predicted molar refractivity (Wildman–Crippen MR) is 69.5 cm³/mol. The van der Waals surface area contributed by atoms with Gasteiger partial charge in [0.25, 0.3) is 0 Å². The molecule has 0 saturated carbocycles. The summed E-state index contributed by atoms with van der Waals surface area (Å²) < 4.78 is 13.7. The van der Waals surface area contributed by atoms with E-state index in [4.69, 9.17) is 5.11 Å². The van der Waals surface area contributed by atoms with Crippen molar-refractivity contribution in [3.8, 4) is 0 Å². The number of alkyl halides is 1. The van der Waals surface area contributed by atoms with Crippen molar-refractivity contribution >= 4 is 23.6 Å². The van der Waals surface area contributed by atoms with E-state index in [9.17, 15) is 14.0 Å². The van der Waals surface area contributed by atoms with Gasteiger partial charge in [0.2, 0.25) is 11.6 Å². The summed E-state index contributed by atoms with van der Waals surface area (Å²) in [7, 11) is 0. The molecule has 6 heteroatoms. The van der Waals surface area contributed by atoms with E-state index in [0.29, 0.717) is 6.42 Å². The number of amides is 1. The fraction of sp³-hybridized carbons (Fsp3) is 0.833. The average molecular weight is 277 g/mol. The number of carboxylic acid groups (broad SMARTS) is 1. The fourth-order valence-electron chi connectivity index (χ4n) is 1.83. The molecule has 0 aliphatic carbocycles. The van der Waals surface area contributed by atoms with Crippen LogP contribution in [-0.4, -0.2) is 52.1 Å². The molecule has 1 rings (SSSR count). The fourth-order valence-corrected chi connectivity index (χ4v) is 2.84. The maximum Gasteiger partial charge on any atom is 0.343 e. The van der Waals surface area contributed by atoms with Gasteiger partial charge in [0.05, 0.1) is 6.54 Å². The highest BCUT2D eigenvalue weighted by molar-refractivity contribution is 7.99. The largest absolute Gasteiger partial charge is 0.479 e. The number of hydrogen-bond acceptors (Lipinski definition) is 3. The number of carbonyl (C=O) groups excluding carboxylic acids is 1. The third-order valence-electron chi connectivity index (χ3n) is 3.06. The number of halogens is 1. The number of aliphatic carboxylic acids is 1. The highest BCUT2D eigenvalue weighted by Gasteiger charge is 2.46. The smallest absolute Gasteiger partial charge is 0.343 e. The second-order valence-electron chi connectivity index (χ2n) is 4.55. The molecule has 1 amide bonds. The molecule has 1 atom stereocenters. The van der Waals surface area contributed by atoms with E-state index in [1.54, 1.807) is 11.8 Å². The summed E-state index contributed by atoms with van der Waals surface area (Å²) in [4.78, 5) is 23.8. The van der Waals surface area contributed by atoms with Crippen LogP contribution in [0.5, 0.6) is 0 Å². The summed E-state index contributed by atoms with van der Waals surface area (Å²) in [5.41, 5.74) is -2.25. The lowest BCUT2D eigenvalue weighted by molar-refractivity contribution is -0.150. The van der Waals surface area contributed by atoms with Crippen LogP contribution in [0.15, 0.2) is 0 Å². The number of carboxylic acids is 1. The number of unbranched alkanes of at least 4 members (excludes halogenated alkanes) is 1. The second kappa shape index (κ2) is 6.97. The zero-order chi connectivity index (χ0) is 13.6. The van der Waals surface area contributed by atoms with E-state index in [0.717, 1.165) is 24.3 Å². The third kappa shape index (κ3) is 4.15. The van der Waals surface area contributed by atoms with Crippen molar-refractivity contribution in [2.45, 2.75) is 38.3 Å². The lowest BCUT2D eigenvalue weighted by Crippen LogP contribution is -2.39. The zero-order valence-corrected chi connectivity index (χ0v) is 11.5. The van der Waals surface area contributed by atoms with E-state index in [1.165, 1.54) is 4.90 Å². The highest BCUT2D eigenvalue weighted by Crippen LogP contribution is 2.26. The molecule has 0 aromatic heterocycles. The van der Waals surface area contributed by atoms with Crippen molar-refractivity contribution < 1.29 is 19.1 Å². The highest BCUT2D eigenvalue weighted by atomic mass is 32.2. The lowest BCUT2D eigenvalue weighted by atomic mass is 10.1. The van der Waals surface area contributed by atoms with Crippen molar-refractivity contribution in [1.29, 1.82) is 0 Å². The molecule has 1 aliphatic rings. The SMILES string of the molecule is CCCCSCCC(=O)N1CCC(F)(C(=O)O)C1. The van der Waals surface area contributed by atoms with Crippen LogP contribution in [0.1, 0.15) is 32.6 Å². The maximum absolute atomic E-state index is 13.7. The quantitative estimate of drug-likeness (QED) is 0.722. The molecule has 1 fully saturated rings. The molecular formula is C12H20FNO3S. The molecule has 0 radical (unpaired) electrons. The van der Waals surface area contributed by atoms with Crippen LogP contribution in [0.4, 0.5) is 4.39 Å². The topological polar surface area (TPSA) is 57.6 Å². The Kier molecular flexibility index (Phi) is 5.91. The Morgan fingerprint density at radius 1 is 1.44 bits per heavy atom. The first-order valence-electron chi connectivity index (χ1n) is 6.27. The van der Waals surface area contributed by atoms with Crippen molar-refractivity contribution in [3.05, 3.63) is 0 Å². The van der Waals surface area contributed by atoms with Crippen LogP contribution in [0.3, 0.4) is 0 Å². The molecule has 1 unspecified atom stereocenters. The van der Waals surface area contributed by atoms with Crippen molar-refractivity contribution in [3.63, 3.8) is 0 Å². The van der Waals surface area contributed by atoms with Crippen LogP contribution < -0.4 is 0 Å². The van der Waals surface area contributed by atoms with Gasteiger partial charge in [-0.2, -0.15) is 11.8 Å². The number of carbonyl (C=O) groups is 2. The second-order valence-corrected chi connectivity index (χ2v) is 5.78. The van der Waals surface area contributed by atoms with Crippen molar-refractivity contribution in [2.75, 3.05) is 24.6 Å².